The zero-order valence-electron chi connectivity index (χ0n) is 11.4. The van der Waals surface area contributed by atoms with Crippen LogP contribution in [-0.2, 0) is 16.5 Å². The normalized spacial score (nSPS) is 21.9. The second kappa shape index (κ2) is 5.42. The molecule has 0 radical (unpaired) electrons. The van der Waals surface area contributed by atoms with E-state index in [1.165, 1.54) is 18.2 Å². The summed E-state index contributed by atoms with van der Waals surface area (Å²) in [5.41, 5.74) is 0.218. The SMILES string of the molecule is CC1(Cc2ccccc2[N+](=O)[O-])C=CC(S(=O)(=O)O)=CC1. The third kappa shape index (κ3) is 3.56. The van der Waals surface area contributed by atoms with Gasteiger partial charge in [-0.3, -0.25) is 14.7 Å². The van der Waals surface area contributed by atoms with Gasteiger partial charge in [-0.1, -0.05) is 37.3 Å². The Bertz CT molecular complexity index is 735. The van der Waals surface area contributed by atoms with Gasteiger partial charge in [-0.25, -0.2) is 0 Å². The van der Waals surface area contributed by atoms with Crippen molar-refractivity contribution in [2.75, 3.05) is 0 Å². The van der Waals surface area contributed by atoms with Crippen molar-refractivity contribution >= 4 is 15.8 Å². The summed E-state index contributed by atoms with van der Waals surface area (Å²) in [4.78, 5) is 10.5. The van der Waals surface area contributed by atoms with Crippen LogP contribution < -0.4 is 0 Å². The van der Waals surface area contributed by atoms with Gasteiger partial charge >= 0.3 is 0 Å². The van der Waals surface area contributed by atoms with Gasteiger partial charge < -0.3 is 0 Å². The van der Waals surface area contributed by atoms with Gasteiger partial charge in [-0.2, -0.15) is 8.42 Å². The summed E-state index contributed by atoms with van der Waals surface area (Å²) in [5, 5.41) is 11.0. The molecule has 0 amide bonds. The van der Waals surface area contributed by atoms with Gasteiger partial charge in [-0.15, -0.1) is 0 Å². The Kier molecular flexibility index (Phi) is 3.97. The first-order chi connectivity index (χ1) is 9.71. The van der Waals surface area contributed by atoms with Crippen LogP contribution in [0.25, 0.3) is 0 Å². The second-order valence-electron chi connectivity index (χ2n) is 5.34. The van der Waals surface area contributed by atoms with Gasteiger partial charge in [0.25, 0.3) is 15.8 Å². The molecule has 0 bridgehead atoms. The van der Waals surface area contributed by atoms with Crippen LogP contribution in [0, 0.1) is 15.5 Å². The maximum Gasteiger partial charge on any atom is 0.294 e. The van der Waals surface area contributed by atoms with Gasteiger partial charge in [0, 0.05) is 11.6 Å². The Morgan fingerprint density at radius 1 is 1.38 bits per heavy atom. The van der Waals surface area contributed by atoms with Crippen molar-refractivity contribution in [2.45, 2.75) is 19.8 Å². The maximum absolute atomic E-state index is 11.0. The minimum absolute atomic E-state index is 0.0525. The van der Waals surface area contributed by atoms with Gasteiger partial charge in [0.2, 0.25) is 0 Å². The number of nitro benzene ring substituents is 1. The number of hydrogen-bond donors (Lipinski definition) is 1. The molecule has 21 heavy (non-hydrogen) atoms. The molecule has 0 saturated heterocycles. The molecule has 0 aliphatic heterocycles. The van der Waals surface area contributed by atoms with Crippen LogP contribution in [0.3, 0.4) is 0 Å². The lowest BCUT2D eigenvalue weighted by atomic mass is 9.78. The topological polar surface area (TPSA) is 97.5 Å². The summed E-state index contributed by atoms with van der Waals surface area (Å²) in [6.45, 7) is 1.89. The summed E-state index contributed by atoms with van der Waals surface area (Å²) < 4.78 is 31.1. The minimum atomic E-state index is -4.20. The molecule has 1 aliphatic carbocycles. The number of hydrogen-bond acceptors (Lipinski definition) is 4. The molecule has 0 heterocycles. The Labute approximate surface area is 122 Å². The average molecular weight is 309 g/mol. The molecule has 6 nitrogen and oxygen atoms in total. The van der Waals surface area contributed by atoms with Crippen molar-refractivity contribution < 1.29 is 17.9 Å². The summed E-state index contributed by atoms with van der Waals surface area (Å²) in [7, 11) is -4.20. The zero-order valence-corrected chi connectivity index (χ0v) is 12.2. The Hall–Kier alpha value is -1.99. The molecule has 0 aromatic heterocycles. The molecule has 1 unspecified atom stereocenters. The first-order valence-electron chi connectivity index (χ1n) is 6.30. The minimum Gasteiger partial charge on any atom is -0.282 e. The van der Waals surface area contributed by atoms with E-state index in [-0.39, 0.29) is 10.6 Å². The number of nitro groups is 1. The fourth-order valence-electron chi connectivity index (χ4n) is 2.35. The van der Waals surface area contributed by atoms with Crippen LogP contribution >= 0.6 is 0 Å². The van der Waals surface area contributed by atoms with Gasteiger partial charge in [0.15, 0.2) is 0 Å². The van der Waals surface area contributed by atoms with E-state index in [2.05, 4.69) is 0 Å². The lowest BCUT2D eigenvalue weighted by Gasteiger charge is -2.27. The number of rotatable bonds is 4. The molecule has 0 saturated carbocycles. The Morgan fingerprint density at radius 3 is 2.57 bits per heavy atom. The van der Waals surface area contributed by atoms with Crippen LogP contribution in [0.5, 0.6) is 0 Å². The van der Waals surface area contributed by atoms with E-state index in [9.17, 15) is 18.5 Å². The molecule has 1 aromatic rings. The van der Waals surface area contributed by atoms with Gasteiger partial charge in [-0.05, 0) is 24.3 Å². The average Bonchev–Trinajstić information content (AvgIpc) is 2.38. The highest BCUT2D eigenvalue weighted by molar-refractivity contribution is 7.90. The molecule has 0 spiro atoms. The highest BCUT2D eigenvalue weighted by Crippen LogP contribution is 2.36. The Morgan fingerprint density at radius 2 is 2.05 bits per heavy atom. The van der Waals surface area contributed by atoms with Crippen molar-refractivity contribution in [3.8, 4) is 0 Å². The lowest BCUT2D eigenvalue weighted by molar-refractivity contribution is -0.385. The van der Waals surface area contributed by atoms with Gasteiger partial charge in [0.1, 0.15) is 0 Å². The van der Waals surface area contributed by atoms with Gasteiger partial charge in [0.05, 0.1) is 9.83 Å². The van der Waals surface area contributed by atoms with E-state index >= 15 is 0 Å². The van der Waals surface area contributed by atoms with Crippen LogP contribution in [0.1, 0.15) is 18.9 Å². The third-order valence-corrected chi connectivity index (χ3v) is 4.40. The monoisotopic (exact) mass is 309 g/mol. The highest BCUT2D eigenvalue weighted by Gasteiger charge is 2.28. The summed E-state index contributed by atoms with van der Waals surface area (Å²) >= 11 is 0. The molecule has 1 N–H and O–H groups in total. The largest absolute Gasteiger partial charge is 0.294 e. The van der Waals surface area contributed by atoms with E-state index in [1.807, 2.05) is 6.92 Å². The first kappa shape index (κ1) is 15.4. The summed E-state index contributed by atoms with van der Waals surface area (Å²) in [5.74, 6) is 0. The quantitative estimate of drug-likeness (QED) is 0.524. The molecule has 1 aliphatic rings. The van der Waals surface area contributed by atoms with Crippen molar-refractivity contribution in [2.24, 2.45) is 5.41 Å². The van der Waals surface area contributed by atoms with E-state index in [0.29, 0.717) is 18.4 Å². The number of allylic oxidation sites excluding steroid dienone is 3. The first-order valence-corrected chi connectivity index (χ1v) is 7.74. The van der Waals surface area contributed by atoms with Crippen LogP contribution in [0.4, 0.5) is 5.69 Å². The van der Waals surface area contributed by atoms with Crippen molar-refractivity contribution in [1.82, 2.24) is 0 Å². The molecule has 2 rings (SSSR count). The van der Waals surface area contributed by atoms with Crippen molar-refractivity contribution in [1.29, 1.82) is 0 Å². The lowest BCUT2D eigenvalue weighted by Crippen LogP contribution is -2.20. The molecule has 7 heteroatoms. The molecule has 1 aromatic carbocycles. The van der Waals surface area contributed by atoms with E-state index in [1.54, 1.807) is 24.3 Å². The second-order valence-corrected chi connectivity index (χ2v) is 6.76. The number of para-hydroxylation sites is 1. The van der Waals surface area contributed by atoms with E-state index < -0.39 is 20.5 Å². The van der Waals surface area contributed by atoms with Crippen molar-refractivity contribution in [3.63, 3.8) is 0 Å². The summed E-state index contributed by atoms with van der Waals surface area (Å²) in [6, 6.07) is 6.48. The number of benzene rings is 1. The fourth-order valence-corrected chi connectivity index (χ4v) is 2.88. The molecular formula is C14H15NO5S. The van der Waals surface area contributed by atoms with Crippen LogP contribution in [-0.4, -0.2) is 17.9 Å². The predicted molar refractivity (Wildman–Crippen MR) is 78.3 cm³/mol. The molecule has 1 atom stereocenters. The summed E-state index contributed by atoms with van der Waals surface area (Å²) in [6.07, 6.45) is 5.24. The zero-order chi connectivity index (χ0) is 15.7. The van der Waals surface area contributed by atoms with E-state index in [0.717, 1.165) is 0 Å². The van der Waals surface area contributed by atoms with Crippen molar-refractivity contribution in [3.05, 3.63) is 63.1 Å². The molecule has 112 valence electrons. The molecular weight excluding hydrogens is 294 g/mol. The number of nitrogens with zero attached hydrogens (tertiary/aromatic N) is 1. The Balaban J connectivity index is 2.25. The molecule has 0 fully saturated rings. The van der Waals surface area contributed by atoms with Crippen LogP contribution in [0.15, 0.2) is 47.4 Å². The smallest absolute Gasteiger partial charge is 0.282 e. The standard InChI is InChI=1S/C14H15NO5S/c1-14(8-6-12(7-9-14)21(18,19)20)10-11-4-2-3-5-13(11)15(16)17/h2-8H,9-10H2,1H3,(H,18,19,20). The third-order valence-electron chi connectivity index (χ3n) is 3.50. The van der Waals surface area contributed by atoms with E-state index in [4.69, 9.17) is 4.55 Å². The maximum atomic E-state index is 11.0. The predicted octanol–water partition coefficient (Wildman–Crippen LogP) is 2.88. The van der Waals surface area contributed by atoms with Crippen LogP contribution in [0.2, 0.25) is 0 Å². The highest BCUT2D eigenvalue weighted by atomic mass is 32.2. The fraction of sp³-hybridized carbons (Fsp3) is 0.286.